The highest BCUT2D eigenvalue weighted by atomic mass is 16.2. The van der Waals surface area contributed by atoms with Gasteiger partial charge in [-0.05, 0) is 18.8 Å². The molecule has 2 fully saturated rings. The lowest BCUT2D eigenvalue weighted by molar-refractivity contribution is 0.0350. The van der Waals surface area contributed by atoms with Crippen LogP contribution in [0, 0.1) is 5.92 Å². The van der Waals surface area contributed by atoms with Crippen molar-refractivity contribution in [3.8, 4) is 0 Å². The van der Waals surface area contributed by atoms with Gasteiger partial charge in [0, 0.05) is 19.3 Å². The van der Waals surface area contributed by atoms with Crippen molar-refractivity contribution in [1.82, 2.24) is 15.1 Å². The minimum atomic E-state index is -0.0978. The van der Waals surface area contributed by atoms with Gasteiger partial charge in [-0.1, -0.05) is 0 Å². The molecule has 0 atom stereocenters. The van der Waals surface area contributed by atoms with Crippen molar-refractivity contribution in [2.75, 3.05) is 13.1 Å². The first kappa shape index (κ1) is 8.91. The van der Waals surface area contributed by atoms with Gasteiger partial charge < -0.3 is 10.6 Å². The molecule has 80 valence electrons. The maximum absolute atomic E-state index is 11.8. The molecule has 5 heteroatoms. The Morgan fingerprint density at radius 3 is 2.87 bits per heavy atom. The molecule has 1 aliphatic heterocycles. The zero-order valence-corrected chi connectivity index (χ0v) is 8.44. The molecule has 0 unspecified atom stereocenters. The highest BCUT2D eigenvalue weighted by molar-refractivity contribution is 5.94. The number of nitrogens with two attached hydrogens (primary N) is 1. The first-order valence-corrected chi connectivity index (χ1v) is 5.26. The number of likely N-dealkylation sites (tertiary alicyclic amines) is 1. The maximum Gasteiger partial charge on any atom is 0.257 e. The van der Waals surface area contributed by atoms with Crippen LogP contribution in [0.15, 0.2) is 12.4 Å². The number of aromatic amines is 1. The third kappa shape index (κ3) is 1.34. The summed E-state index contributed by atoms with van der Waals surface area (Å²) in [6.07, 6.45) is 5.63. The average Bonchev–Trinajstić information content (AvgIpc) is 2.89. The van der Waals surface area contributed by atoms with E-state index >= 15 is 0 Å². The van der Waals surface area contributed by atoms with E-state index in [2.05, 4.69) is 10.2 Å². The van der Waals surface area contributed by atoms with Gasteiger partial charge in [0.25, 0.3) is 5.91 Å². The van der Waals surface area contributed by atoms with E-state index < -0.39 is 0 Å². The number of rotatable bonds is 2. The molecule has 2 aliphatic rings. The van der Waals surface area contributed by atoms with Crippen LogP contribution < -0.4 is 5.73 Å². The summed E-state index contributed by atoms with van der Waals surface area (Å²) >= 11 is 0. The van der Waals surface area contributed by atoms with Gasteiger partial charge in [0.2, 0.25) is 0 Å². The van der Waals surface area contributed by atoms with Crippen molar-refractivity contribution >= 4 is 5.91 Å². The van der Waals surface area contributed by atoms with Crippen molar-refractivity contribution in [1.29, 1.82) is 0 Å². The summed E-state index contributed by atoms with van der Waals surface area (Å²) in [6, 6.07) is 0. The molecule has 0 bridgehead atoms. The highest BCUT2D eigenvalue weighted by Gasteiger charge is 2.51. The van der Waals surface area contributed by atoms with Crippen LogP contribution >= 0.6 is 0 Å². The van der Waals surface area contributed by atoms with E-state index in [0.717, 1.165) is 0 Å². The first-order chi connectivity index (χ1) is 7.19. The van der Waals surface area contributed by atoms with Crippen molar-refractivity contribution in [3.63, 3.8) is 0 Å². The molecule has 3 rings (SSSR count). The molecular weight excluding hydrogens is 192 g/mol. The molecule has 1 aromatic rings. The van der Waals surface area contributed by atoms with E-state index in [-0.39, 0.29) is 11.4 Å². The molecule has 1 saturated carbocycles. The van der Waals surface area contributed by atoms with Gasteiger partial charge in [-0.15, -0.1) is 0 Å². The van der Waals surface area contributed by atoms with Crippen LogP contribution in [0.5, 0.6) is 0 Å². The number of aromatic nitrogens is 2. The van der Waals surface area contributed by atoms with Crippen LogP contribution in [-0.4, -0.2) is 39.6 Å². The zero-order valence-electron chi connectivity index (χ0n) is 8.44. The third-order valence-electron chi connectivity index (χ3n) is 3.39. The van der Waals surface area contributed by atoms with Crippen LogP contribution in [0.1, 0.15) is 23.2 Å². The molecule has 3 N–H and O–H groups in total. The number of nitrogens with one attached hydrogen (secondary N) is 1. The number of carbonyl (C=O) groups excluding carboxylic acids is 1. The number of amides is 1. The summed E-state index contributed by atoms with van der Waals surface area (Å²) in [5.41, 5.74) is 6.69. The Labute approximate surface area is 87.6 Å². The summed E-state index contributed by atoms with van der Waals surface area (Å²) in [7, 11) is 0. The van der Waals surface area contributed by atoms with Crippen LogP contribution in [0.4, 0.5) is 0 Å². The van der Waals surface area contributed by atoms with Gasteiger partial charge in [0.15, 0.2) is 0 Å². The van der Waals surface area contributed by atoms with Gasteiger partial charge in [0.1, 0.15) is 0 Å². The zero-order chi connectivity index (χ0) is 10.5. The fourth-order valence-corrected chi connectivity index (χ4v) is 2.27. The number of H-pyrrole nitrogens is 1. The minimum absolute atomic E-state index is 0.0328. The topological polar surface area (TPSA) is 75.0 Å². The van der Waals surface area contributed by atoms with Crippen LogP contribution in [0.25, 0.3) is 0 Å². The first-order valence-electron chi connectivity index (χ1n) is 5.26. The lowest BCUT2D eigenvalue weighted by atomic mass is 9.85. The van der Waals surface area contributed by atoms with Gasteiger partial charge >= 0.3 is 0 Å². The normalized spacial score (nSPS) is 23.7. The van der Waals surface area contributed by atoms with Crippen molar-refractivity contribution in [2.24, 2.45) is 11.7 Å². The Balaban J connectivity index is 1.65. The van der Waals surface area contributed by atoms with Gasteiger partial charge in [0.05, 0.1) is 17.3 Å². The molecule has 1 aromatic heterocycles. The Kier molecular flexibility index (Phi) is 1.68. The summed E-state index contributed by atoms with van der Waals surface area (Å²) in [4.78, 5) is 13.6. The van der Waals surface area contributed by atoms with Crippen molar-refractivity contribution < 1.29 is 4.79 Å². The molecular formula is C10H14N4O. The van der Waals surface area contributed by atoms with Crippen LogP contribution in [-0.2, 0) is 0 Å². The minimum Gasteiger partial charge on any atom is -0.335 e. The number of nitrogens with zero attached hydrogens (tertiary/aromatic N) is 2. The van der Waals surface area contributed by atoms with E-state index in [1.54, 1.807) is 17.3 Å². The molecule has 1 saturated heterocycles. The second-order valence-electron chi connectivity index (χ2n) is 4.66. The van der Waals surface area contributed by atoms with Gasteiger partial charge in [-0.2, -0.15) is 5.10 Å². The summed E-state index contributed by atoms with van der Waals surface area (Å²) in [5, 5.41) is 6.40. The molecule has 0 spiro atoms. The van der Waals surface area contributed by atoms with E-state index in [4.69, 9.17) is 5.73 Å². The standard InChI is InChI=1S/C10H14N4O/c11-10(8-1-2-8)5-14(6-10)9(15)7-3-12-13-4-7/h3-4,8H,1-2,5-6,11H2,(H,12,13). The van der Waals surface area contributed by atoms with Crippen LogP contribution in [0.2, 0.25) is 0 Å². The molecule has 2 heterocycles. The predicted molar refractivity (Wildman–Crippen MR) is 54.1 cm³/mol. The Morgan fingerprint density at radius 1 is 1.60 bits per heavy atom. The van der Waals surface area contributed by atoms with Crippen molar-refractivity contribution in [2.45, 2.75) is 18.4 Å². The second-order valence-corrected chi connectivity index (χ2v) is 4.66. The number of hydrogen-bond acceptors (Lipinski definition) is 3. The lowest BCUT2D eigenvalue weighted by Crippen LogP contribution is -2.69. The molecule has 1 amide bonds. The molecule has 15 heavy (non-hydrogen) atoms. The smallest absolute Gasteiger partial charge is 0.257 e. The average molecular weight is 206 g/mol. The van der Waals surface area contributed by atoms with Gasteiger partial charge in [-0.3, -0.25) is 9.89 Å². The fraction of sp³-hybridized carbons (Fsp3) is 0.600. The fourth-order valence-electron chi connectivity index (χ4n) is 2.27. The molecule has 0 aromatic carbocycles. The number of carbonyl (C=O) groups is 1. The van der Waals surface area contributed by atoms with Crippen molar-refractivity contribution in [3.05, 3.63) is 18.0 Å². The van der Waals surface area contributed by atoms with E-state index in [9.17, 15) is 4.79 Å². The Hall–Kier alpha value is -1.36. The summed E-state index contributed by atoms with van der Waals surface area (Å²) in [5.74, 6) is 0.677. The van der Waals surface area contributed by atoms with Gasteiger partial charge in [-0.25, -0.2) is 0 Å². The predicted octanol–water partition coefficient (Wildman–Crippen LogP) is -0.0270. The Morgan fingerprint density at radius 2 is 2.33 bits per heavy atom. The quantitative estimate of drug-likeness (QED) is 0.713. The van der Waals surface area contributed by atoms with E-state index in [1.165, 1.54) is 12.8 Å². The SMILES string of the molecule is NC1(C2CC2)CN(C(=O)c2cn[nH]c2)C1. The number of hydrogen-bond donors (Lipinski definition) is 2. The molecule has 0 radical (unpaired) electrons. The maximum atomic E-state index is 11.8. The monoisotopic (exact) mass is 206 g/mol. The summed E-state index contributed by atoms with van der Waals surface area (Å²) in [6.45, 7) is 1.39. The van der Waals surface area contributed by atoms with E-state index in [1.807, 2.05) is 0 Å². The Bertz CT molecular complexity index is 376. The molecule has 1 aliphatic carbocycles. The lowest BCUT2D eigenvalue weighted by Gasteiger charge is -2.48. The highest BCUT2D eigenvalue weighted by Crippen LogP contribution is 2.43. The molecule has 5 nitrogen and oxygen atoms in total. The van der Waals surface area contributed by atoms with Crippen LogP contribution in [0.3, 0.4) is 0 Å². The summed E-state index contributed by atoms with van der Waals surface area (Å²) < 4.78 is 0. The largest absolute Gasteiger partial charge is 0.335 e. The third-order valence-corrected chi connectivity index (χ3v) is 3.39. The second kappa shape index (κ2) is 2.82. The van der Waals surface area contributed by atoms with E-state index in [0.29, 0.717) is 24.6 Å².